The van der Waals surface area contributed by atoms with Crippen molar-refractivity contribution in [2.45, 2.75) is 76.3 Å². The highest BCUT2D eigenvalue weighted by molar-refractivity contribution is 7.99. The third-order valence-corrected chi connectivity index (χ3v) is 7.95. The quantitative estimate of drug-likeness (QED) is 0.557. The number of carbonyl (C=O) groups excluding carboxylic acids is 1. The SMILES string of the molecule is CC(C)(C)n1nc2c(c1-n1cccc1)CN(C(=O)CC1CSc3nc4c(c(=O)n31)CCC4)C2. The van der Waals surface area contributed by atoms with Crippen LogP contribution < -0.4 is 5.56 Å². The number of aromatic nitrogens is 5. The number of amides is 1. The third-order valence-electron chi connectivity index (χ3n) is 6.85. The van der Waals surface area contributed by atoms with Crippen LogP contribution in [0.25, 0.3) is 5.82 Å². The predicted molar refractivity (Wildman–Crippen MR) is 126 cm³/mol. The number of hydrogen-bond acceptors (Lipinski definition) is 5. The fraction of sp³-hybridized carbons (Fsp3) is 0.500. The molecule has 0 radical (unpaired) electrons. The van der Waals surface area contributed by atoms with Gasteiger partial charge in [0.2, 0.25) is 5.91 Å². The van der Waals surface area contributed by atoms with Crippen molar-refractivity contribution in [2.24, 2.45) is 0 Å². The summed E-state index contributed by atoms with van der Waals surface area (Å²) in [5.74, 6) is 1.82. The van der Waals surface area contributed by atoms with Crippen LogP contribution >= 0.6 is 11.8 Å². The van der Waals surface area contributed by atoms with Gasteiger partial charge in [0.1, 0.15) is 5.82 Å². The highest BCUT2D eigenvalue weighted by atomic mass is 32.2. The Morgan fingerprint density at radius 2 is 1.91 bits per heavy atom. The number of rotatable bonds is 3. The van der Waals surface area contributed by atoms with Crippen LogP contribution in [0.2, 0.25) is 0 Å². The van der Waals surface area contributed by atoms with Gasteiger partial charge >= 0.3 is 0 Å². The number of carbonyl (C=O) groups is 1. The predicted octanol–water partition coefficient (Wildman–Crippen LogP) is 3.05. The van der Waals surface area contributed by atoms with Gasteiger partial charge in [-0.3, -0.25) is 14.2 Å². The van der Waals surface area contributed by atoms with Crippen LogP contribution in [0.15, 0.2) is 34.5 Å². The van der Waals surface area contributed by atoms with Crippen LogP contribution in [0.1, 0.15) is 62.2 Å². The molecule has 1 aliphatic carbocycles. The molecule has 1 amide bonds. The second kappa shape index (κ2) is 7.35. The lowest BCUT2D eigenvalue weighted by Crippen LogP contribution is -2.33. The number of hydrogen-bond donors (Lipinski definition) is 0. The van der Waals surface area contributed by atoms with E-state index in [1.54, 1.807) is 16.3 Å². The largest absolute Gasteiger partial charge is 0.332 e. The number of thioether (sulfide) groups is 1. The van der Waals surface area contributed by atoms with E-state index in [0.29, 0.717) is 19.5 Å². The fourth-order valence-corrected chi connectivity index (χ4v) is 6.37. The van der Waals surface area contributed by atoms with E-state index in [9.17, 15) is 9.59 Å². The first-order chi connectivity index (χ1) is 15.8. The van der Waals surface area contributed by atoms with Crippen molar-refractivity contribution in [2.75, 3.05) is 5.75 Å². The highest BCUT2D eigenvalue weighted by Crippen LogP contribution is 2.36. The molecule has 33 heavy (non-hydrogen) atoms. The molecule has 1 unspecified atom stereocenters. The zero-order valence-corrected chi connectivity index (χ0v) is 20.1. The van der Waals surface area contributed by atoms with Gasteiger partial charge in [-0.2, -0.15) is 5.10 Å². The van der Waals surface area contributed by atoms with E-state index in [1.807, 2.05) is 29.4 Å². The molecule has 6 rings (SSSR count). The molecule has 0 N–H and O–H groups in total. The zero-order valence-electron chi connectivity index (χ0n) is 19.2. The van der Waals surface area contributed by atoms with Crippen LogP contribution in [0.3, 0.4) is 0 Å². The summed E-state index contributed by atoms with van der Waals surface area (Å²) in [5.41, 5.74) is 3.78. The minimum Gasteiger partial charge on any atom is -0.332 e. The van der Waals surface area contributed by atoms with E-state index in [0.717, 1.165) is 58.5 Å². The van der Waals surface area contributed by atoms with Crippen molar-refractivity contribution in [3.05, 3.63) is 57.4 Å². The van der Waals surface area contributed by atoms with Crippen LogP contribution in [-0.4, -0.2) is 40.5 Å². The van der Waals surface area contributed by atoms with E-state index >= 15 is 0 Å². The Morgan fingerprint density at radius 1 is 1.12 bits per heavy atom. The molecule has 9 heteroatoms. The second-order valence-corrected chi connectivity index (χ2v) is 11.2. The maximum absolute atomic E-state index is 13.3. The summed E-state index contributed by atoms with van der Waals surface area (Å²) in [5, 5.41) is 5.68. The molecule has 0 saturated heterocycles. The van der Waals surface area contributed by atoms with Crippen molar-refractivity contribution in [1.82, 2.24) is 28.8 Å². The highest BCUT2D eigenvalue weighted by Gasteiger charge is 2.36. The van der Waals surface area contributed by atoms with E-state index < -0.39 is 0 Å². The average molecular weight is 465 g/mol. The van der Waals surface area contributed by atoms with Gasteiger partial charge < -0.3 is 9.47 Å². The number of nitrogens with zero attached hydrogens (tertiary/aromatic N) is 6. The standard InChI is InChI=1S/C24H28N6O2S/c1-24(2,3)30-21(27-9-4-5-10-27)17-12-28(13-19(17)26-30)20(31)11-15-14-33-23-25-18-8-6-7-16(18)22(32)29(15)23/h4-5,9-10,15H,6-8,11-14H2,1-3H3. The topological polar surface area (TPSA) is 78.0 Å². The van der Waals surface area contributed by atoms with E-state index in [1.165, 1.54) is 0 Å². The summed E-state index contributed by atoms with van der Waals surface area (Å²) in [4.78, 5) is 33.0. The molecule has 0 spiro atoms. The molecule has 0 bridgehead atoms. The second-order valence-electron chi connectivity index (χ2n) is 10.2. The average Bonchev–Trinajstić information content (AvgIpc) is 3.54. The summed E-state index contributed by atoms with van der Waals surface area (Å²) in [6.07, 6.45) is 7.06. The van der Waals surface area contributed by atoms with Gasteiger partial charge in [0, 0.05) is 35.7 Å². The van der Waals surface area contributed by atoms with Gasteiger partial charge in [0.05, 0.1) is 36.1 Å². The summed E-state index contributed by atoms with van der Waals surface area (Å²) in [7, 11) is 0. The molecule has 8 nitrogen and oxygen atoms in total. The molecule has 5 heterocycles. The summed E-state index contributed by atoms with van der Waals surface area (Å²) < 4.78 is 5.93. The van der Waals surface area contributed by atoms with Crippen molar-refractivity contribution in [1.29, 1.82) is 0 Å². The van der Waals surface area contributed by atoms with Crippen molar-refractivity contribution in [3.63, 3.8) is 0 Å². The van der Waals surface area contributed by atoms with E-state index in [2.05, 4.69) is 30.0 Å². The summed E-state index contributed by atoms with van der Waals surface area (Å²) >= 11 is 1.60. The van der Waals surface area contributed by atoms with Crippen molar-refractivity contribution in [3.8, 4) is 5.82 Å². The molecule has 3 aromatic heterocycles. The minimum absolute atomic E-state index is 0.0661. The van der Waals surface area contributed by atoms with Crippen LogP contribution in [0.5, 0.6) is 0 Å². The number of fused-ring (bicyclic) bond motifs is 3. The number of aryl methyl sites for hydroxylation is 1. The lowest BCUT2D eigenvalue weighted by Gasteiger charge is -2.25. The summed E-state index contributed by atoms with van der Waals surface area (Å²) in [6, 6.07) is 3.87. The monoisotopic (exact) mass is 464 g/mol. The molecule has 2 aliphatic heterocycles. The lowest BCUT2D eigenvalue weighted by atomic mass is 10.1. The fourth-order valence-electron chi connectivity index (χ4n) is 5.22. The Kier molecular flexibility index (Phi) is 4.62. The first-order valence-electron chi connectivity index (χ1n) is 11.6. The van der Waals surface area contributed by atoms with Gasteiger partial charge in [-0.15, -0.1) is 0 Å². The Morgan fingerprint density at radius 3 is 2.67 bits per heavy atom. The van der Waals surface area contributed by atoms with Gasteiger partial charge in [0.25, 0.3) is 5.56 Å². The Labute approximate surface area is 196 Å². The van der Waals surface area contributed by atoms with Crippen LogP contribution in [0, 0.1) is 0 Å². The van der Waals surface area contributed by atoms with Gasteiger partial charge in [0.15, 0.2) is 5.16 Å². The van der Waals surface area contributed by atoms with Crippen molar-refractivity contribution >= 4 is 17.7 Å². The maximum Gasteiger partial charge on any atom is 0.257 e. The molecule has 0 aromatic carbocycles. The molecule has 1 atom stereocenters. The normalized spacial score (nSPS) is 19.1. The molecule has 3 aliphatic rings. The first-order valence-corrected chi connectivity index (χ1v) is 12.6. The van der Waals surface area contributed by atoms with Crippen molar-refractivity contribution < 1.29 is 4.79 Å². The Balaban J connectivity index is 1.25. The summed E-state index contributed by atoms with van der Waals surface area (Å²) in [6.45, 7) is 7.48. The van der Waals surface area contributed by atoms with E-state index in [4.69, 9.17) is 10.1 Å². The first kappa shape index (κ1) is 20.8. The van der Waals surface area contributed by atoms with Crippen LogP contribution in [-0.2, 0) is 36.3 Å². The molecule has 172 valence electrons. The maximum atomic E-state index is 13.3. The van der Waals surface area contributed by atoms with E-state index in [-0.39, 0.29) is 23.0 Å². The minimum atomic E-state index is -0.169. The molecular formula is C24H28N6O2S. The van der Waals surface area contributed by atoms with Crippen LogP contribution in [0.4, 0.5) is 0 Å². The van der Waals surface area contributed by atoms with Gasteiger partial charge in [-0.1, -0.05) is 11.8 Å². The molecule has 0 saturated carbocycles. The molecule has 3 aromatic rings. The van der Waals surface area contributed by atoms with Gasteiger partial charge in [-0.25, -0.2) is 9.67 Å². The zero-order chi connectivity index (χ0) is 22.9. The lowest BCUT2D eigenvalue weighted by molar-refractivity contribution is -0.132. The third kappa shape index (κ3) is 3.27. The Bertz CT molecular complexity index is 1310. The molecular weight excluding hydrogens is 436 g/mol. The smallest absolute Gasteiger partial charge is 0.257 e. The van der Waals surface area contributed by atoms with Gasteiger partial charge in [-0.05, 0) is 52.2 Å². The molecule has 0 fully saturated rings. The Hall–Kier alpha value is -2.81.